The largest absolute Gasteiger partial charge is 0.369 e. The Balaban J connectivity index is 1.37. The van der Waals surface area contributed by atoms with Gasteiger partial charge in [0.05, 0.1) is 6.54 Å². The lowest BCUT2D eigenvalue weighted by Crippen LogP contribution is -2.47. The van der Waals surface area contributed by atoms with Gasteiger partial charge in [0.15, 0.2) is 0 Å². The maximum Gasteiger partial charge on any atom is 0.143 e. The molecule has 0 amide bonds. The molecule has 0 radical (unpaired) electrons. The lowest BCUT2D eigenvalue weighted by molar-refractivity contribution is -0.118. The number of ketones is 1. The Morgan fingerprint density at radius 1 is 1.08 bits per heavy atom. The molecule has 2 aliphatic rings. The molecule has 2 saturated heterocycles. The minimum Gasteiger partial charge on any atom is -0.369 e. The number of piperazine rings is 1. The highest BCUT2D eigenvalue weighted by molar-refractivity contribution is 5.77. The molecule has 2 heterocycles. The number of likely N-dealkylation sites (tertiary alicyclic amines) is 1. The minimum atomic E-state index is -0.123. The molecule has 0 unspecified atom stereocenters. The molecule has 0 spiro atoms. The van der Waals surface area contributed by atoms with Crippen molar-refractivity contribution in [3.8, 4) is 0 Å². The van der Waals surface area contributed by atoms with Gasteiger partial charge in [0.2, 0.25) is 0 Å². The van der Waals surface area contributed by atoms with Crippen LogP contribution in [-0.2, 0) is 4.79 Å². The van der Waals surface area contributed by atoms with Gasteiger partial charge >= 0.3 is 0 Å². The third-order valence-corrected chi connectivity index (χ3v) is 5.89. The summed E-state index contributed by atoms with van der Waals surface area (Å²) in [7, 11) is 0. The zero-order valence-corrected chi connectivity index (χ0v) is 16.2. The van der Waals surface area contributed by atoms with E-state index in [9.17, 15) is 9.18 Å². The highest BCUT2D eigenvalue weighted by Crippen LogP contribution is 2.23. The third-order valence-electron chi connectivity index (χ3n) is 5.89. The molecule has 0 saturated carbocycles. The number of benzene rings is 1. The number of piperidine rings is 1. The van der Waals surface area contributed by atoms with Crippen LogP contribution in [0.1, 0.15) is 31.7 Å². The first-order valence-electron chi connectivity index (χ1n) is 9.96. The Kier molecular flexibility index (Phi) is 6.65. The average molecular weight is 362 g/mol. The second kappa shape index (κ2) is 8.96. The van der Waals surface area contributed by atoms with Gasteiger partial charge in [0, 0.05) is 31.9 Å². The molecule has 5 heteroatoms. The molecule has 0 bridgehead atoms. The smallest absolute Gasteiger partial charge is 0.143 e. The number of aryl methyl sites for hydroxylation is 1. The van der Waals surface area contributed by atoms with Gasteiger partial charge < -0.3 is 4.90 Å². The summed E-state index contributed by atoms with van der Waals surface area (Å²) in [4.78, 5) is 18.4. The van der Waals surface area contributed by atoms with E-state index in [0.717, 1.165) is 56.4 Å². The van der Waals surface area contributed by atoms with E-state index >= 15 is 0 Å². The summed E-state index contributed by atoms with van der Waals surface area (Å²) in [6.45, 7) is 11.6. The molecular weight excluding hydrogens is 329 g/mol. The minimum absolute atomic E-state index is 0.123. The topological polar surface area (TPSA) is 26.8 Å². The van der Waals surface area contributed by atoms with Crippen LogP contribution < -0.4 is 4.90 Å². The van der Waals surface area contributed by atoms with Gasteiger partial charge in [-0.3, -0.25) is 14.6 Å². The maximum atomic E-state index is 13.4. The summed E-state index contributed by atoms with van der Waals surface area (Å²) in [5.41, 5.74) is 1.86. The van der Waals surface area contributed by atoms with Gasteiger partial charge in [0.1, 0.15) is 11.6 Å². The zero-order valence-electron chi connectivity index (χ0n) is 16.2. The molecule has 4 nitrogen and oxygen atoms in total. The van der Waals surface area contributed by atoms with Crippen molar-refractivity contribution in [3.05, 3.63) is 29.6 Å². The van der Waals surface area contributed by atoms with Crippen molar-refractivity contribution < 1.29 is 9.18 Å². The van der Waals surface area contributed by atoms with Gasteiger partial charge in [0.25, 0.3) is 0 Å². The van der Waals surface area contributed by atoms with Gasteiger partial charge in [-0.2, -0.15) is 0 Å². The molecule has 2 aliphatic heterocycles. The number of carbonyl (C=O) groups excluding carboxylic acids is 1. The van der Waals surface area contributed by atoms with Gasteiger partial charge in [-0.25, -0.2) is 4.39 Å². The van der Waals surface area contributed by atoms with Crippen LogP contribution in [0.4, 0.5) is 10.1 Å². The van der Waals surface area contributed by atoms with Crippen molar-refractivity contribution >= 4 is 11.5 Å². The van der Waals surface area contributed by atoms with E-state index in [4.69, 9.17) is 0 Å². The van der Waals surface area contributed by atoms with E-state index in [1.54, 1.807) is 13.0 Å². The normalized spacial score (nSPS) is 20.5. The van der Waals surface area contributed by atoms with Crippen molar-refractivity contribution in [1.29, 1.82) is 0 Å². The standard InChI is InChI=1S/C21H32FN3O/c1-17-15-20(3-4-21(17)22)25-13-11-23(12-14-25)8-5-19-6-9-24(10-7-19)16-18(2)26/h3-4,15,19H,5-14,16H2,1-2H3. The Labute approximate surface area is 157 Å². The van der Waals surface area contributed by atoms with E-state index in [1.807, 2.05) is 19.1 Å². The number of rotatable bonds is 6. The predicted octanol–water partition coefficient (Wildman–Crippen LogP) is 2.95. The summed E-state index contributed by atoms with van der Waals surface area (Å²) in [5.74, 6) is 0.954. The molecule has 0 N–H and O–H groups in total. The van der Waals surface area contributed by atoms with Crippen LogP contribution >= 0.6 is 0 Å². The number of carbonyl (C=O) groups is 1. The number of nitrogens with zero attached hydrogens (tertiary/aromatic N) is 3. The zero-order chi connectivity index (χ0) is 18.5. The Morgan fingerprint density at radius 3 is 2.38 bits per heavy atom. The molecular formula is C21H32FN3O. The second-order valence-electron chi connectivity index (χ2n) is 7.97. The van der Waals surface area contributed by atoms with Crippen LogP contribution in [0.15, 0.2) is 18.2 Å². The fourth-order valence-corrected chi connectivity index (χ4v) is 4.17. The van der Waals surface area contributed by atoms with E-state index in [-0.39, 0.29) is 11.6 Å². The van der Waals surface area contributed by atoms with Crippen LogP contribution in [0.2, 0.25) is 0 Å². The van der Waals surface area contributed by atoms with Crippen LogP contribution in [0.25, 0.3) is 0 Å². The average Bonchev–Trinajstić information content (AvgIpc) is 2.63. The lowest BCUT2D eigenvalue weighted by atomic mass is 9.93. The number of halogens is 1. The summed E-state index contributed by atoms with van der Waals surface area (Å²) >= 11 is 0. The SMILES string of the molecule is CC(=O)CN1CCC(CCN2CCN(c3ccc(F)c(C)c3)CC2)CC1. The summed E-state index contributed by atoms with van der Waals surface area (Å²) in [6.07, 6.45) is 3.72. The number of hydrogen-bond acceptors (Lipinski definition) is 4. The molecule has 3 rings (SSSR count). The third kappa shape index (κ3) is 5.27. The number of hydrogen-bond donors (Lipinski definition) is 0. The van der Waals surface area contributed by atoms with E-state index in [2.05, 4.69) is 14.7 Å². The Hall–Kier alpha value is -1.46. The molecule has 26 heavy (non-hydrogen) atoms. The van der Waals surface area contributed by atoms with Crippen LogP contribution in [0, 0.1) is 18.7 Å². The van der Waals surface area contributed by atoms with Crippen molar-refractivity contribution in [1.82, 2.24) is 9.80 Å². The second-order valence-corrected chi connectivity index (χ2v) is 7.97. The monoisotopic (exact) mass is 361 g/mol. The number of Topliss-reactive ketones (excluding diaryl/α,β-unsaturated/α-hetero) is 1. The molecule has 0 aliphatic carbocycles. The van der Waals surface area contributed by atoms with Gasteiger partial charge in [-0.05, 0) is 82.4 Å². The molecule has 1 aromatic carbocycles. The van der Waals surface area contributed by atoms with Crippen molar-refractivity contribution in [3.63, 3.8) is 0 Å². The fourth-order valence-electron chi connectivity index (χ4n) is 4.17. The highest BCUT2D eigenvalue weighted by Gasteiger charge is 2.22. The van der Waals surface area contributed by atoms with Crippen LogP contribution in [0.5, 0.6) is 0 Å². The Morgan fingerprint density at radius 2 is 1.77 bits per heavy atom. The lowest BCUT2D eigenvalue weighted by Gasteiger charge is -2.37. The van der Waals surface area contributed by atoms with E-state index in [0.29, 0.717) is 6.54 Å². The molecule has 1 aromatic rings. The summed E-state index contributed by atoms with van der Waals surface area (Å²) in [6, 6.07) is 5.43. The Bertz CT molecular complexity index is 605. The number of anilines is 1. The van der Waals surface area contributed by atoms with E-state index in [1.165, 1.54) is 25.8 Å². The molecule has 2 fully saturated rings. The quantitative estimate of drug-likeness (QED) is 0.778. The first-order valence-corrected chi connectivity index (χ1v) is 9.96. The van der Waals surface area contributed by atoms with Crippen LogP contribution in [0.3, 0.4) is 0 Å². The van der Waals surface area contributed by atoms with Gasteiger partial charge in [-0.1, -0.05) is 0 Å². The molecule has 0 aromatic heterocycles. The van der Waals surface area contributed by atoms with Crippen molar-refractivity contribution in [2.24, 2.45) is 5.92 Å². The summed E-state index contributed by atoms with van der Waals surface area (Å²) < 4.78 is 13.4. The van der Waals surface area contributed by atoms with Crippen LogP contribution in [-0.4, -0.2) is 67.9 Å². The maximum absolute atomic E-state index is 13.4. The first-order chi connectivity index (χ1) is 12.5. The summed E-state index contributed by atoms with van der Waals surface area (Å²) in [5, 5.41) is 0. The fraction of sp³-hybridized carbons (Fsp3) is 0.667. The van der Waals surface area contributed by atoms with Gasteiger partial charge in [-0.15, -0.1) is 0 Å². The molecule has 144 valence electrons. The molecule has 0 atom stereocenters. The van der Waals surface area contributed by atoms with Crippen molar-refractivity contribution in [2.75, 3.05) is 57.3 Å². The highest BCUT2D eigenvalue weighted by atomic mass is 19.1. The first kappa shape index (κ1) is 19.3. The van der Waals surface area contributed by atoms with Crippen molar-refractivity contribution in [2.45, 2.75) is 33.1 Å². The predicted molar refractivity (Wildman–Crippen MR) is 104 cm³/mol. The van der Waals surface area contributed by atoms with E-state index < -0.39 is 0 Å².